The molecule has 0 radical (unpaired) electrons. The molecular formula is C10H17FN6O2. The van der Waals surface area contributed by atoms with Gasteiger partial charge in [0.15, 0.2) is 11.6 Å². The lowest BCUT2D eigenvalue weighted by Gasteiger charge is -2.15. The molecular weight excluding hydrogens is 255 g/mol. The average molecular weight is 272 g/mol. The number of nitrogens with two attached hydrogens (primary N) is 1. The number of hydrogen-bond acceptors (Lipinski definition) is 7. The molecule has 1 amide bonds. The molecule has 106 valence electrons. The van der Waals surface area contributed by atoms with Crippen molar-refractivity contribution in [1.82, 2.24) is 15.3 Å². The summed E-state index contributed by atoms with van der Waals surface area (Å²) in [7, 11) is 1.53. The van der Waals surface area contributed by atoms with Crippen LogP contribution in [-0.2, 0) is 9.53 Å². The van der Waals surface area contributed by atoms with E-state index in [9.17, 15) is 9.18 Å². The highest BCUT2D eigenvalue weighted by Gasteiger charge is 2.15. The van der Waals surface area contributed by atoms with Gasteiger partial charge in [0.2, 0.25) is 11.9 Å². The zero-order chi connectivity index (χ0) is 14.3. The van der Waals surface area contributed by atoms with Crippen LogP contribution < -0.4 is 21.9 Å². The molecule has 0 saturated heterocycles. The van der Waals surface area contributed by atoms with Crippen LogP contribution in [0.1, 0.15) is 6.92 Å². The van der Waals surface area contributed by atoms with Gasteiger partial charge >= 0.3 is 0 Å². The van der Waals surface area contributed by atoms with E-state index in [0.717, 1.165) is 6.20 Å². The van der Waals surface area contributed by atoms with E-state index in [1.54, 1.807) is 6.92 Å². The minimum Gasteiger partial charge on any atom is -0.383 e. The third kappa shape index (κ3) is 4.64. The van der Waals surface area contributed by atoms with Gasteiger partial charge in [-0.2, -0.15) is 4.98 Å². The number of nitrogens with one attached hydrogen (secondary N) is 3. The van der Waals surface area contributed by atoms with Crippen molar-refractivity contribution in [3.63, 3.8) is 0 Å². The standard InChI is InChI=1S/C10H17FN6O2/c1-6(9(18)13-3-4-19-2)15-8-7(11)5-14-10(16-8)17-12/h5-6H,3-4,12H2,1-2H3,(H,13,18)(H2,14,15,16,17). The predicted molar refractivity (Wildman–Crippen MR) is 67.8 cm³/mol. The number of rotatable bonds is 7. The minimum absolute atomic E-state index is 0.0518. The van der Waals surface area contributed by atoms with E-state index in [2.05, 4.69) is 26.0 Å². The molecule has 0 aliphatic heterocycles. The van der Waals surface area contributed by atoms with E-state index in [1.807, 2.05) is 0 Å². The van der Waals surface area contributed by atoms with Crippen LogP contribution in [0.5, 0.6) is 0 Å². The van der Waals surface area contributed by atoms with Crippen LogP contribution in [0.25, 0.3) is 0 Å². The highest BCUT2D eigenvalue weighted by atomic mass is 19.1. The van der Waals surface area contributed by atoms with Crippen molar-refractivity contribution >= 4 is 17.7 Å². The maximum atomic E-state index is 13.4. The number of nitrogen functional groups attached to an aromatic ring is 1. The fourth-order valence-electron chi connectivity index (χ4n) is 1.24. The first-order valence-corrected chi connectivity index (χ1v) is 5.60. The smallest absolute Gasteiger partial charge is 0.242 e. The van der Waals surface area contributed by atoms with Crippen molar-refractivity contribution < 1.29 is 13.9 Å². The Kier molecular flexibility index (Phi) is 5.90. The lowest BCUT2D eigenvalue weighted by atomic mass is 10.3. The number of amides is 1. The molecule has 0 aromatic carbocycles. The number of halogens is 1. The van der Waals surface area contributed by atoms with E-state index < -0.39 is 11.9 Å². The van der Waals surface area contributed by atoms with E-state index in [1.165, 1.54) is 7.11 Å². The van der Waals surface area contributed by atoms with Crippen LogP contribution in [0.3, 0.4) is 0 Å². The Labute approximate surface area is 109 Å². The zero-order valence-electron chi connectivity index (χ0n) is 10.7. The van der Waals surface area contributed by atoms with E-state index in [-0.39, 0.29) is 17.7 Å². The van der Waals surface area contributed by atoms with Gasteiger partial charge in [0, 0.05) is 13.7 Å². The van der Waals surface area contributed by atoms with Crippen molar-refractivity contribution in [2.45, 2.75) is 13.0 Å². The van der Waals surface area contributed by atoms with E-state index >= 15 is 0 Å². The quantitative estimate of drug-likeness (QED) is 0.299. The van der Waals surface area contributed by atoms with E-state index in [0.29, 0.717) is 13.2 Å². The molecule has 1 heterocycles. The Balaban J connectivity index is 2.60. The summed E-state index contributed by atoms with van der Waals surface area (Å²) in [6.07, 6.45) is 0.958. The molecule has 1 aromatic rings. The summed E-state index contributed by atoms with van der Waals surface area (Å²) in [6, 6.07) is -0.660. The van der Waals surface area contributed by atoms with Crippen LogP contribution in [-0.4, -0.2) is 42.2 Å². The Morgan fingerprint density at radius 3 is 3.00 bits per heavy atom. The molecule has 8 nitrogen and oxygen atoms in total. The maximum Gasteiger partial charge on any atom is 0.242 e. The van der Waals surface area contributed by atoms with Crippen molar-refractivity contribution in [2.75, 3.05) is 31.0 Å². The highest BCUT2D eigenvalue weighted by Crippen LogP contribution is 2.12. The lowest BCUT2D eigenvalue weighted by molar-refractivity contribution is -0.121. The second kappa shape index (κ2) is 7.44. The molecule has 1 unspecified atom stereocenters. The van der Waals surface area contributed by atoms with Gasteiger partial charge in [0.05, 0.1) is 12.8 Å². The molecule has 1 atom stereocenters. The number of hydrazine groups is 1. The summed E-state index contributed by atoms with van der Waals surface area (Å²) < 4.78 is 18.2. The summed E-state index contributed by atoms with van der Waals surface area (Å²) in [5, 5.41) is 5.26. The number of carbonyl (C=O) groups is 1. The highest BCUT2D eigenvalue weighted by molar-refractivity contribution is 5.83. The summed E-state index contributed by atoms with van der Waals surface area (Å²) in [6.45, 7) is 2.37. The first-order chi connectivity index (χ1) is 9.08. The molecule has 0 spiro atoms. The Bertz CT molecular complexity index is 430. The average Bonchev–Trinajstić information content (AvgIpc) is 2.41. The monoisotopic (exact) mass is 272 g/mol. The molecule has 0 fully saturated rings. The van der Waals surface area contributed by atoms with Gasteiger partial charge in [-0.25, -0.2) is 15.2 Å². The molecule has 19 heavy (non-hydrogen) atoms. The summed E-state index contributed by atoms with van der Waals surface area (Å²) >= 11 is 0. The molecule has 1 aromatic heterocycles. The second-order valence-electron chi connectivity index (χ2n) is 3.68. The Hall–Kier alpha value is -2.00. The first kappa shape index (κ1) is 15.1. The second-order valence-corrected chi connectivity index (χ2v) is 3.68. The lowest BCUT2D eigenvalue weighted by Crippen LogP contribution is -2.39. The number of carbonyl (C=O) groups excluding carboxylic acids is 1. The third-order valence-corrected chi connectivity index (χ3v) is 2.23. The molecule has 0 aliphatic rings. The number of anilines is 2. The molecule has 0 bridgehead atoms. The third-order valence-electron chi connectivity index (χ3n) is 2.23. The van der Waals surface area contributed by atoms with Gasteiger partial charge in [-0.1, -0.05) is 0 Å². The Morgan fingerprint density at radius 2 is 2.37 bits per heavy atom. The number of aromatic nitrogens is 2. The number of hydrogen-bond donors (Lipinski definition) is 4. The number of ether oxygens (including phenoxy) is 1. The van der Waals surface area contributed by atoms with Crippen molar-refractivity contribution in [3.8, 4) is 0 Å². The van der Waals surface area contributed by atoms with Crippen molar-refractivity contribution in [2.24, 2.45) is 5.84 Å². The molecule has 1 rings (SSSR count). The summed E-state index contributed by atoms with van der Waals surface area (Å²) in [5.41, 5.74) is 2.19. The maximum absolute atomic E-state index is 13.4. The molecule has 0 aliphatic carbocycles. The van der Waals surface area contributed by atoms with Crippen LogP contribution in [0.2, 0.25) is 0 Å². The van der Waals surface area contributed by atoms with Gasteiger partial charge in [-0.15, -0.1) is 0 Å². The minimum atomic E-state index is -0.671. The van der Waals surface area contributed by atoms with Crippen molar-refractivity contribution in [3.05, 3.63) is 12.0 Å². The summed E-state index contributed by atoms with van der Waals surface area (Å²) in [4.78, 5) is 19.0. The normalized spacial score (nSPS) is 11.8. The SMILES string of the molecule is COCCNC(=O)C(C)Nc1nc(NN)ncc1F. The van der Waals surface area contributed by atoms with E-state index in [4.69, 9.17) is 10.6 Å². The number of methoxy groups -OCH3 is 1. The fourth-order valence-corrected chi connectivity index (χ4v) is 1.24. The summed E-state index contributed by atoms with van der Waals surface area (Å²) in [5.74, 6) is 4.11. The molecule has 9 heteroatoms. The Morgan fingerprint density at radius 1 is 1.63 bits per heavy atom. The van der Waals surface area contributed by atoms with Crippen LogP contribution in [0.15, 0.2) is 6.20 Å². The van der Waals surface area contributed by atoms with Crippen molar-refractivity contribution in [1.29, 1.82) is 0 Å². The van der Waals surface area contributed by atoms with Gasteiger partial charge in [-0.05, 0) is 6.92 Å². The predicted octanol–water partition coefficient (Wildman–Crippen LogP) is -0.536. The zero-order valence-corrected chi connectivity index (χ0v) is 10.7. The molecule has 0 saturated carbocycles. The van der Waals surface area contributed by atoms with Crippen LogP contribution in [0, 0.1) is 5.82 Å². The number of nitrogens with zero attached hydrogens (tertiary/aromatic N) is 2. The molecule has 5 N–H and O–H groups in total. The van der Waals surface area contributed by atoms with Gasteiger partial charge in [-0.3, -0.25) is 10.2 Å². The first-order valence-electron chi connectivity index (χ1n) is 5.60. The van der Waals surface area contributed by atoms with Gasteiger partial charge in [0.1, 0.15) is 6.04 Å². The van der Waals surface area contributed by atoms with Gasteiger partial charge in [0.25, 0.3) is 0 Å². The largest absolute Gasteiger partial charge is 0.383 e. The fraction of sp³-hybridized carbons (Fsp3) is 0.500. The van der Waals surface area contributed by atoms with Crippen LogP contribution >= 0.6 is 0 Å². The van der Waals surface area contributed by atoms with Crippen LogP contribution in [0.4, 0.5) is 16.2 Å². The van der Waals surface area contributed by atoms with Gasteiger partial charge < -0.3 is 15.4 Å². The topological polar surface area (TPSA) is 114 Å².